The van der Waals surface area contributed by atoms with E-state index in [1.807, 2.05) is 0 Å². The first-order chi connectivity index (χ1) is 51.8. The fourth-order valence-corrected chi connectivity index (χ4v) is 10.8. The van der Waals surface area contributed by atoms with Gasteiger partial charge in [0.15, 0.2) is 17.3 Å². The van der Waals surface area contributed by atoms with Crippen LogP contribution < -0.4 is 36.1 Å². The maximum Gasteiger partial charge on any atom is 0.278 e. The Kier molecular flexibility index (Phi) is 33.9. The Morgan fingerprint density at radius 3 is 1.05 bits per heavy atom. The molecule has 0 radical (unpaired) electrons. The van der Waals surface area contributed by atoms with Gasteiger partial charge in [0.05, 0.1) is 81.0 Å². The topological polar surface area (TPSA) is 371 Å². The number of ketones is 3. The molecule has 3 unspecified atom stereocenters. The van der Waals surface area contributed by atoms with Gasteiger partial charge in [0.1, 0.15) is 63.8 Å². The van der Waals surface area contributed by atoms with Gasteiger partial charge in [-0.15, -0.1) is 0 Å². The molecule has 0 amide bonds. The highest BCUT2D eigenvalue weighted by Gasteiger charge is 2.21. The fraction of sp³-hybridized carbons (Fsp3) is 0.400. The lowest BCUT2D eigenvalue weighted by Crippen LogP contribution is -2.32. The number of Topliss-reactive ketones (excluding diaryl/α,β-unsaturated/α-hetero) is 3. The quantitative estimate of drug-likeness (QED) is 0.0126. The van der Waals surface area contributed by atoms with E-state index < -0.39 is 18.3 Å². The Bertz CT molecular complexity index is 4580. The number of pyridine rings is 3. The lowest BCUT2D eigenvalue weighted by Gasteiger charge is -2.21. The minimum absolute atomic E-state index is 0.0101. The third-order valence-electron chi connectivity index (χ3n) is 17.2. The van der Waals surface area contributed by atoms with E-state index in [9.17, 15) is 29.7 Å². The summed E-state index contributed by atoms with van der Waals surface area (Å²) in [6, 6.07) is 21.2. The van der Waals surface area contributed by atoms with Gasteiger partial charge in [-0.2, -0.15) is 0 Å². The van der Waals surface area contributed by atoms with E-state index in [2.05, 4.69) is 137 Å². The van der Waals surface area contributed by atoms with Crippen molar-refractivity contribution in [2.75, 3.05) is 131 Å². The van der Waals surface area contributed by atoms with Gasteiger partial charge in [-0.1, -0.05) is 113 Å². The van der Waals surface area contributed by atoms with Crippen LogP contribution in [0.3, 0.4) is 0 Å². The number of aliphatic hydroxyl groups is 3. The van der Waals surface area contributed by atoms with Crippen LogP contribution in [-0.2, 0) is 9.47 Å². The summed E-state index contributed by atoms with van der Waals surface area (Å²) in [6.07, 6.45) is 8.37. The van der Waals surface area contributed by atoms with Crippen molar-refractivity contribution in [3.05, 3.63) is 154 Å². The van der Waals surface area contributed by atoms with E-state index in [4.69, 9.17) is 45.6 Å². The van der Waals surface area contributed by atoms with Crippen LogP contribution in [-0.4, -0.2) is 224 Å². The largest absolute Gasteiger partial charge is 0.477 e. The minimum Gasteiger partial charge on any atom is -0.477 e. The van der Waals surface area contributed by atoms with Crippen LogP contribution in [0.25, 0.3) is 33.1 Å². The minimum atomic E-state index is -0.536. The number of ether oxygens (including phenoxy) is 6. The number of hydrogen-bond donors (Lipinski definition) is 6. The highest BCUT2D eigenvalue weighted by atomic mass is 16.6. The summed E-state index contributed by atoms with van der Waals surface area (Å²) in [5.74, 6) is 19.8. The molecule has 0 aliphatic rings. The zero-order chi connectivity index (χ0) is 77.2. The third-order valence-corrected chi connectivity index (χ3v) is 17.2. The van der Waals surface area contributed by atoms with Crippen LogP contribution in [0.1, 0.15) is 145 Å². The summed E-state index contributed by atoms with van der Waals surface area (Å²) in [4.78, 5) is 83.0. The second kappa shape index (κ2) is 43.5. The molecule has 27 nitrogen and oxygen atoms in total. The summed E-state index contributed by atoms with van der Waals surface area (Å²) in [5, 5.41) is 30.6. The normalized spacial score (nSPS) is 11.8. The Morgan fingerprint density at radius 1 is 0.393 bits per heavy atom. The number of nitrogens with zero attached hydrogens (tertiary/aromatic N) is 12. The number of aromatic nitrogens is 9. The Labute approximate surface area is 625 Å². The van der Waals surface area contributed by atoms with Crippen molar-refractivity contribution in [3.8, 4) is 59.0 Å². The van der Waals surface area contributed by atoms with Gasteiger partial charge >= 0.3 is 0 Å². The standard InChI is InChI=1S/C30H39N5O6.C26H31N5O4.C24H27N5O2/c1-5-35(6-2)20-23(36)12-14-26(37)22-10-7-21(8-11-22)9-13-24-27-25(19-32-28(24)31)33-29(40-17-15-38-3)30(34-27)41-18-16-39-4;1-5-31(6-2)16-19(32)12-14-22(33)18-10-7-17(8-11-18)9-13-20-23-21(15-28-24(20)27)29-25(34-3)26(30-23)35-4;1-3-29(4-2)16-19(30)10-12-22(31)18-8-5-17(6-9-18)7-11-20-23-21(15-28-24(20)25)26-13-14-27-23/h7-8,10-11,19,23,36H,5-6,12,14-18,20H2,1-4H3,(H2,31,32);7-8,10-11,15,19,32H,5-6,12,14,16H2,1-4H3,(H2,27,28);5-6,8-9,13-15,19,30H,3-4,10,12,16H2,1-2H3,(H2,25,28). The molecule has 6 heterocycles. The molecule has 9 N–H and O–H groups in total. The van der Waals surface area contributed by atoms with Gasteiger partial charge in [-0.25, -0.2) is 34.9 Å². The van der Waals surface area contributed by atoms with Crippen molar-refractivity contribution in [1.29, 1.82) is 0 Å². The Morgan fingerprint density at radius 2 is 0.701 bits per heavy atom. The van der Waals surface area contributed by atoms with Crippen molar-refractivity contribution in [1.82, 2.24) is 59.6 Å². The highest BCUT2D eigenvalue weighted by Crippen LogP contribution is 2.30. The number of nitrogens with two attached hydrogens (primary N) is 3. The molecular weight excluding hydrogens is 1360 g/mol. The lowest BCUT2D eigenvalue weighted by molar-refractivity contribution is 0.0874. The highest BCUT2D eigenvalue weighted by molar-refractivity contribution is 5.97. The molecule has 0 fully saturated rings. The first kappa shape index (κ1) is 83.4. The first-order valence-corrected chi connectivity index (χ1v) is 35.6. The number of fused-ring (bicyclic) bond motifs is 3. The molecule has 9 rings (SSSR count). The molecule has 6 aromatic heterocycles. The third kappa shape index (κ3) is 25.1. The Balaban J connectivity index is 0.000000226. The van der Waals surface area contributed by atoms with E-state index in [0.717, 1.165) is 44.8 Å². The zero-order valence-electron chi connectivity index (χ0n) is 62.6. The monoisotopic (exact) mass is 1460 g/mol. The van der Waals surface area contributed by atoms with Crippen LogP contribution in [0.15, 0.2) is 104 Å². The SMILES string of the molecule is CCN(CC)CC(O)CCC(=O)c1ccc(C#Cc2c(N)ncc3nc(OC)c(OC)nc23)cc1.CCN(CC)CC(O)CCC(=O)c1ccc(C#Cc2c(N)ncc3nc(OCCOC)c(OCCOC)nc23)cc1.CCN(CC)CC(O)CCC(=O)c1ccc(C#Cc2c(N)ncc3nccnc23)cc1. The van der Waals surface area contributed by atoms with Crippen LogP contribution in [0.5, 0.6) is 23.5 Å². The first-order valence-electron chi connectivity index (χ1n) is 35.6. The van der Waals surface area contributed by atoms with Gasteiger partial charge in [0.25, 0.3) is 23.5 Å². The molecule has 0 saturated carbocycles. The summed E-state index contributed by atoms with van der Waals surface area (Å²) in [5.41, 5.74) is 26.5. The molecule has 107 heavy (non-hydrogen) atoms. The van der Waals surface area contributed by atoms with Gasteiger partial charge in [-0.3, -0.25) is 24.4 Å². The van der Waals surface area contributed by atoms with Crippen LogP contribution >= 0.6 is 0 Å². The average molecular weight is 1460 g/mol. The molecule has 27 heteroatoms. The number of nitrogen functional groups attached to an aromatic ring is 3. The molecule has 0 saturated heterocycles. The smallest absolute Gasteiger partial charge is 0.278 e. The maximum absolute atomic E-state index is 12.7. The van der Waals surface area contributed by atoms with E-state index in [1.165, 1.54) is 26.6 Å². The molecule has 0 bridgehead atoms. The van der Waals surface area contributed by atoms with Crippen LogP contribution in [0, 0.1) is 35.5 Å². The second-order valence-electron chi connectivity index (χ2n) is 24.4. The molecular formula is C80H97N15O12. The molecule has 3 atom stereocenters. The number of rotatable bonds is 34. The van der Waals surface area contributed by atoms with E-state index in [1.54, 1.807) is 106 Å². The number of likely N-dealkylation sites (N-methyl/N-ethyl adjacent to an activating group) is 3. The predicted molar refractivity (Wildman–Crippen MR) is 412 cm³/mol. The zero-order valence-corrected chi connectivity index (χ0v) is 62.6. The van der Waals surface area contributed by atoms with Crippen molar-refractivity contribution in [2.45, 2.75) is 98.4 Å². The molecule has 9 aromatic rings. The molecule has 0 aliphatic heterocycles. The van der Waals surface area contributed by atoms with Gasteiger partial charge in [0, 0.05) is 98.9 Å². The molecule has 564 valence electrons. The van der Waals surface area contributed by atoms with Crippen molar-refractivity contribution in [3.63, 3.8) is 0 Å². The average Bonchev–Trinajstić information content (AvgIpc) is 0.794. The Hall–Kier alpha value is -10.9. The molecule has 0 spiro atoms. The predicted octanol–water partition coefficient (Wildman–Crippen LogP) is 8.08. The summed E-state index contributed by atoms with van der Waals surface area (Å²) >= 11 is 0. The van der Waals surface area contributed by atoms with Crippen molar-refractivity contribution >= 4 is 67.9 Å². The van der Waals surface area contributed by atoms with Crippen molar-refractivity contribution < 1.29 is 58.1 Å². The lowest BCUT2D eigenvalue weighted by atomic mass is 10.0. The van der Waals surface area contributed by atoms with Gasteiger partial charge in [-0.05, 0) is 94.9 Å². The van der Waals surface area contributed by atoms with Crippen LogP contribution in [0.4, 0.5) is 17.5 Å². The number of carbonyl (C=O) groups is 3. The van der Waals surface area contributed by atoms with Gasteiger partial charge < -0.3 is 75.6 Å². The number of aliphatic hydroxyl groups excluding tert-OH is 3. The number of anilines is 3. The second-order valence-corrected chi connectivity index (χ2v) is 24.4. The molecule has 0 aliphatic carbocycles. The van der Waals surface area contributed by atoms with Gasteiger partial charge in [0.2, 0.25) is 0 Å². The van der Waals surface area contributed by atoms with E-state index >= 15 is 0 Å². The number of methoxy groups -OCH3 is 4. The summed E-state index contributed by atoms with van der Waals surface area (Å²) in [7, 11) is 6.11. The summed E-state index contributed by atoms with van der Waals surface area (Å²) < 4.78 is 32.0. The number of carbonyl (C=O) groups excluding carboxylic acids is 3. The van der Waals surface area contributed by atoms with Crippen molar-refractivity contribution in [2.24, 2.45) is 0 Å². The van der Waals surface area contributed by atoms with E-state index in [0.29, 0.717) is 142 Å². The van der Waals surface area contributed by atoms with Crippen LogP contribution in [0.2, 0.25) is 0 Å². The maximum atomic E-state index is 12.7. The fourth-order valence-electron chi connectivity index (χ4n) is 10.8. The van der Waals surface area contributed by atoms with E-state index in [-0.39, 0.29) is 78.6 Å². The number of hydrogen-bond acceptors (Lipinski definition) is 27. The summed E-state index contributed by atoms with van der Waals surface area (Å²) in [6.45, 7) is 20.6. The number of benzene rings is 3. The molecule has 3 aromatic carbocycles.